The molecule has 6 heteroatoms. The maximum absolute atomic E-state index is 12.6. The molecule has 0 bridgehead atoms. The molecular formula is C17H20ClN3O2. The summed E-state index contributed by atoms with van der Waals surface area (Å²) in [7, 11) is 0. The van der Waals surface area contributed by atoms with Crippen LogP contribution in [0.5, 0.6) is 0 Å². The van der Waals surface area contributed by atoms with Crippen LogP contribution < -0.4 is 5.32 Å². The van der Waals surface area contributed by atoms with Crippen LogP contribution in [0, 0.1) is 0 Å². The van der Waals surface area contributed by atoms with E-state index in [1.54, 1.807) is 17.0 Å². The number of aliphatic hydroxyl groups excluding tert-OH is 1. The van der Waals surface area contributed by atoms with Crippen LogP contribution in [0.3, 0.4) is 0 Å². The van der Waals surface area contributed by atoms with Crippen molar-refractivity contribution >= 4 is 23.3 Å². The van der Waals surface area contributed by atoms with Gasteiger partial charge in [0.2, 0.25) is 0 Å². The third-order valence-electron chi connectivity index (χ3n) is 3.51. The molecule has 0 saturated carbocycles. The predicted octanol–water partition coefficient (Wildman–Crippen LogP) is 3.54. The molecule has 0 aliphatic rings. The lowest BCUT2D eigenvalue weighted by Gasteiger charge is -2.29. The van der Waals surface area contributed by atoms with Crippen molar-refractivity contribution in [3.05, 3.63) is 59.4 Å². The summed E-state index contributed by atoms with van der Waals surface area (Å²) in [5.41, 5.74) is 1.62. The van der Waals surface area contributed by atoms with Crippen molar-refractivity contribution in [1.29, 1.82) is 0 Å². The van der Waals surface area contributed by atoms with Crippen molar-refractivity contribution in [2.45, 2.75) is 25.9 Å². The summed E-state index contributed by atoms with van der Waals surface area (Å²) in [5, 5.41) is 12.3. The van der Waals surface area contributed by atoms with E-state index in [9.17, 15) is 9.90 Å². The topological polar surface area (TPSA) is 65.5 Å². The zero-order valence-corrected chi connectivity index (χ0v) is 13.7. The SMILES string of the molecule is CC(CCO)N(Cc1ccccc1)C(=O)Nc1ccnc(Cl)c1. The van der Waals surface area contributed by atoms with Crippen LogP contribution in [0.25, 0.3) is 0 Å². The van der Waals surface area contributed by atoms with Crippen molar-refractivity contribution in [2.24, 2.45) is 0 Å². The summed E-state index contributed by atoms with van der Waals surface area (Å²) in [5.74, 6) is 0. The molecule has 1 unspecified atom stereocenters. The number of hydrogen-bond acceptors (Lipinski definition) is 3. The van der Waals surface area contributed by atoms with Gasteiger partial charge in [-0.1, -0.05) is 41.9 Å². The molecule has 0 aliphatic carbocycles. The number of aromatic nitrogens is 1. The average Bonchev–Trinajstić information content (AvgIpc) is 2.53. The minimum Gasteiger partial charge on any atom is -0.396 e. The molecule has 0 aliphatic heterocycles. The zero-order valence-electron chi connectivity index (χ0n) is 12.9. The van der Waals surface area contributed by atoms with E-state index in [2.05, 4.69) is 10.3 Å². The summed E-state index contributed by atoms with van der Waals surface area (Å²) in [6.07, 6.45) is 2.05. The van der Waals surface area contributed by atoms with E-state index < -0.39 is 0 Å². The largest absolute Gasteiger partial charge is 0.396 e. The smallest absolute Gasteiger partial charge is 0.322 e. The van der Waals surface area contributed by atoms with Crippen LogP contribution >= 0.6 is 11.6 Å². The molecule has 2 aromatic rings. The van der Waals surface area contributed by atoms with Crippen LogP contribution in [-0.2, 0) is 6.54 Å². The highest BCUT2D eigenvalue weighted by Crippen LogP contribution is 2.16. The number of urea groups is 1. The Kier molecular flexibility index (Phi) is 6.38. The van der Waals surface area contributed by atoms with Crippen molar-refractivity contribution < 1.29 is 9.90 Å². The molecule has 2 N–H and O–H groups in total. The lowest BCUT2D eigenvalue weighted by Crippen LogP contribution is -2.41. The minimum absolute atomic E-state index is 0.0286. The fraction of sp³-hybridized carbons (Fsp3) is 0.294. The van der Waals surface area contributed by atoms with Crippen LogP contribution in [0.1, 0.15) is 18.9 Å². The van der Waals surface area contributed by atoms with Crippen LogP contribution in [-0.4, -0.2) is 33.7 Å². The molecule has 5 nitrogen and oxygen atoms in total. The van der Waals surface area contributed by atoms with Gasteiger partial charge in [-0.3, -0.25) is 0 Å². The van der Waals surface area contributed by atoms with Gasteiger partial charge in [0.25, 0.3) is 0 Å². The number of halogens is 1. The van der Waals surface area contributed by atoms with Crippen LogP contribution in [0.15, 0.2) is 48.7 Å². The van der Waals surface area contributed by atoms with Gasteiger partial charge in [0, 0.05) is 31.1 Å². The Labute approximate surface area is 140 Å². The highest BCUT2D eigenvalue weighted by molar-refractivity contribution is 6.29. The van der Waals surface area contributed by atoms with Gasteiger partial charge in [0.15, 0.2) is 0 Å². The molecule has 0 saturated heterocycles. The van der Waals surface area contributed by atoms with E-state index in [-0.39, 0.29) is 18.7 Å². The van der Waals surface area contributed by atoms with Gasteiger partial charge < -0.3 is 15.3 Å². The van der Waals surface area contributed by atoms with Gasteiger partial charge >= 0.3 is 6.03 Å². The molecule has 0 radical (unpaired) electrons. The zero-order chi connectivity index (χ0) is 16.7. The number of nitrogens with one attached hydrogen (secondary N) is 1. The number of nitrogens with zero attached hydrogens (tertiary/aromatic N) is 2. The van der Waals surface area contributed by atoms with Gasteiger partial charge in [0.05, 0.1) is 0 Å². The number of benzene rings is 1. The Balaban J connectivity index is 2.13. The van der Waals surface area contributed by atoms with Gasteiger partial charge in [-0.25, -0.2) is 9.78 Å². The number of pyridine rings is 1. The van der Waals surface area contributed by atoms with Crippen molar-refractivity contribution in [1.82, 2.24) is 9.88 Å². The number of carbonyl (C=O) groups excluding carboxylic acids is 1. The molecule has 1 aromatic heterocycles. The third-order valence-corrected chi connectivity index (χ3v) is 3.72. The van der Waals surface area contributed by atoms with Crippen molar-refractivity contribution in [2.75, 3.05) is 11.9 Å². The first-order chi connectivity index (χ1) is 11.1. The molecule has 1 heterocycles. The monoisotopic (exact) mass is 333 g/mol. The molecule has 0 fully saturated rings. The lowest BCUT2D eigenvalue weighted by atomic mass is 10.1. The van der Waals surface area contributed by atoms with E-state index in [0.29, 0.717) is 23.8 Å². The number of carbonyl (C=O) groups is 1. The lowest BCUT2D eigenvalue weighted by molar-refractivity contribution is 0.169. The van der Waals surface area contributed by atoms with E-state index in [1.807, 2.05) is 37.3 Å². The fourth-order valence-electron chi connectivity index (χ4n) is 2.23. The third kappa shape index (κ3) is 5.23. The first-order valence-electron chi connectivity index (χ1n) is 7.44. The Bertz CT molecular complexity index is 637. The number of hydrogen-bond donors (Lipinski definition) is 2. The minimum atomic E-state index is -0.239. The van der Waals surface area contributed by atoms with E-state index in [4.69, 9.17) is 11.6 Å². The second-order valence-corrected chi connectivity index (χ2v) is 5.66. The Morgan fingerprint density at radius 3 is 2.74 bits per heavy atom. The predicted molar refractivity (Wildman–Crippen MR) is 91.4 cm³/mol. The Morgan fingerprint density at radius 2 is 2.09 bits per heavy atom. The molecule has 23 heavy (non-hydrogen) atoms. The van der Waals surface area contributed by atoms with Gasteiger partial charge in [-0.05, 0) is 31.0 Å². The number of rotatable bonds is 6. The van der Waals surface area contributed by atoms with E-state index >= 15 is 0 Å². The summed E-state index contributed by atoms with van der Waals surface area (Å²) >= 11 is 5.84. The Hall–Kier alpha value is -2.11. The molecule has 1 atom stereocenters. The van der Waals surface area contributed by atoms with Gasteiger partial charge in [-0.15, -0.1) is 0 Å². The molecule has 2 rings (SSSR count). The fourth-order valence-corrected chi connectivity index (χ4v) is 2.40. The second kappa shape index (κ2) is 8.50. The van der Waals surface area contributed by atoms with Gasteiger partial charge in [0.1, 0.15) is 5.15 Å². The van der Waals surface area contributed by atoms with E-state index in [0.717, 1.165) is 5.56 Å². The number of anilines is 1. The summed E-state index contributed by atoms with van der Waals surface area (Å²) in [6, 6.07) is 12.7. The normalized spacial score (nSPS) is 11.8. The maximum atomic E-state index is 12.6. The summed E-state index contributed by atoms with van der Waals surface area (Å²) < 4.78 is 0. The number of aliphatic hydroxyl groups is 1. The van der Waals surface area contributed by atoms with Crippen molar-refractivity contribution in [3.63, 3.8) is 0 Å². The summed E-state index contributed by atoms with van der Waals surface area (Å²) in [6.45, 7) is 2.41. The Morgan fingerprint density at radius 1 is 1.35 bits per heavy atom. The maximum Gasteiger partial charge on any atom is 0.322 e. The first-order valence-corrected chi connectivity index (χ1v) is 7.82. The highest BCUT2D eigenvalue weighted by atomic mass is 35.5. The molecular weight excluding hydrogens is 314 g/mol. The van der Waals surface area contributed by atoms with E-state index in [1.165, 1.54) is 6.20 Å². The molecule has 0 spiro atoms. The quantitative estimate of drug-likeness (QED) is 0.795. The average molecular weight is 334 g/mol. The van der Waals surface area contributed by atoms with Crippen LogP contribution in [0.2, 0.25) is 5.15 Å². The molecule has 2 amide bonds. The molecule has 1 aromatic carbocycles. The number of amides is 2. The van der Waals surface area contributed by atoms with Crippen LogP contribution in [0.4, 0.5) is 10.5 Å². The highest BCUT2D eigenvalue weighted by Gasteiger charge is 2.20. The van der Waals surface area contributed by atoms with Crippen molar-refractivity contribution in [3.8, 4) is 0 Å². The standard InChI is InChI=1S/C17H20ClN3O2/c1-13(8-10-22)21(12-14-5-3-2-4-6-14)17(23)20-15-7-9-19-16(18)11-15/h2-7,9,11,13,22H,8,10,12H2,1H3,(H,19,20,23). The van der Waals surface area contributed by atoms with Gasteiger partial charge in [-0.2, -0.15) is 0 Å². The first kappa shape index (κ1) is 17.2. The molecule has 122 valence electrons. The second-order valence-electron chi connectivity index (χ2n) is 5.27. The summed E-state index contributed by atoms with van der Waals surface area (Å²) in [4.78, 5) is 18.2.